The van der Waals surface area contributed by atoms with Crippen molar-refractivity contribution in [3.8, 4) is 5.75 Å². The second kappa shape index (κ2) is 11.0. The summed E-state index contributed by atoms with van der Waals surface area (Å²) < 4.78 is 32.6. The first-order valence-corrected chi connectivity index (χ1v) is 13.9. The standard InChI is InChI=1S/C30H28O4S2/c1-29(32-22-23-35-29)28(24-14-6-2-7-15-24)30(25-16-8-3-9-17-25,26-18-10-4-11-19-26)34-36(31)33-27-20-12-5-13-21-27/h2-21,28H,22-23H2,1H3. The molecule has 1 aliphatic rings. The van der Waals surface area contributed by atoms with Crippen molar-refractivity contribution in [2.75, 3.05) is 12.4 Å². The van der Waals surface area contributed by atoms with Crippen molar-refractivity contribution in [3.05, 3.63) is 138 Å². The Morgan fingerprint density at radius 3 is 1.81 bits per heavy atom. The van der Waals surface area contributed by atoms with Crippen LogP contribution in [-0.2, 0) is 25.9 Å². The second-order valence-corrected chi connectivity index (χ2v) is 11.0. The summed E-state index contributed by atoms with van der Waals surface area (Å²) in [6.07, 6.45) is 0. The molecule has 0 radical (unpaired) electrons. The van der Waals surface area contributed by atoms with Crippen LogP contribution in [0.15, 0.2) is 121 Å². The number of rotatable bonds is 9. The van der Waals surface area contributed by atoms with Gasteiger partial charge >= 0.3 is 11.4 Å². The summed E-state index contributed by atoms with van der Waals surface area (Å²) in [5.41, 5.74) is 1.58. The molecule has 184 valence electrons. The van der Waals surface area contributed by atoms with E-state index in [9.17, 15) is 4.21 Å². The third-order valence-electron chi connectivity index (χ3n) is 6.44. The number of benzene rings is 4. The second-order valence-electron chi connectivity index (χ2n) is 8.71. The molecular formula is C30H28O4S2. The van der Waals surface area contributed by atoms with Crippen LogP contribution >= 0.6 is 11.8 Å². The van der Waals surface area contributed by atoms with Gasteiger partial charge in [-0.15, -0.1) is 11.8 Å². The van der Waals surface area contributed by atoms with Crippen molar-refractivity contribution in [1.82, 2.24) is 0 Å². The van der Waals surface area contributed by atoms with E-state index >= 15 is 0 Å². The molecule has 3 atom stereocenters. The summed E-state index contributed by atoms with van der Waals surface area (Å²) in [6.45, 7) is 2.74. The van der Waals surface area contributed by atoms with Gasteiger partial charge in [-0.25, -0.2) is 4.18 Å². The summed E-state index contributed by atoms with van der Waals surface area (Å²) in [5, 5.41) is 0. The first kappa shape index (κ1) is 24.8. The minimum Gasteiger partial charge on any atom is -0.380 e. The zero-order valence-corrected chi connectivity index (χ0v) is 21.6. The molecule has 0 amide bonds. The first-order valence-electron chi connectivity index (χ1n) is 11.9. The molecule has 6 heteroatoms. The highest BCUT2D eigenvalue weighted by Crippen LogP contribution is 2.57. The lowest BCUT2D eigenvalue weighted by molar-refractivity contribution is -0.0273. The van der Waals surface area contributed by atoms with Gasteiger partial charge in [-0.05, 0) is 35.7 Å². The van der Waals surface area contributed by atoms with Crippen molar-refractivity contribution in [2.45, 2.75) is 23.4 Å². The molecule has 4 nitrogen and oxygen atoms in total. The highest BCUT2D eigenvalue weighted by molar-refractivity contribution is 8.00. The fourth-order valence-electron chi connectivity index (χ4n) is 4.94. The number of thioether (sulfide) groups is 1. The Hall–Kier alpha value is -2.90. The maximum absolute atomic E-state index is 13.6. The molecule has 36 heavy (non-hydrogen) atoms. The highest BCUT2D eigenvalue weighted by Gasteiger charge is 2.56. The van der Waals surface area contributed by atoms with Gasteiger partial charge in [0.1, 0.15) is 16.3 Å². The Bertz CT molecular complexity index is 1220. The molecule has 0 aromatic heterocycles. The molecule has 3 unspecified atom stereocenters. The van der Waals surface area contributed by atoms with Crippen LogP contribution in [0.2, 0.25) is 0 Å². The number of hydrogen-bond acceptors (Lipinski definition) is 5. The largest absolute Gasteiger partial charge is 0.380 e. The molecule has 5 rings (SSSR count). The van der Waals surface area contributed by atoms with Crippen LogP contribution in [0, 0.1) is 0 Å². The number of ether oxygens (including phenoxy) is 1. The molecular weight excluding hydrogens is 488 g/mol. The van der Waals surface area contributed by atoms with E-state index in [1.165, 1.54) is 0 Å². The Balaban J connectivity index is 1.74. The first-order chi connectivity index (χ1) is 17.6. The normalized spacial score (nSPS) is 19.5. The number of para-hydroxylation sites is 1. The van der Waals surface area contributed by atoms with Gasteiger partial charge in [0.05, 0.1) is 12.5 Å². The Morgan fingerprint density at radius 1 is 0.806 bits per heavy atom. The fraction of sp³-hybridized carbons (Fsp3) is 0.200. The predicted octanol–water partition coefficient (Wildman–Crippen LogP) is 6.87. The zero-order chi connectivity index (χ0) is 24.8. The maximum Gasteiger partial charge on any atom is 0.361 e. The van der Waals surface area contributed by atoms with E-state index < -0.39 is 21.9 Å². The average molecular weight is 517 g/mol. The van der Waals surface area contributed by atoms with E-state index in [0.29, 0.717) is 12.4 Å². The van der Waals surface area contributed by atoms with Crippen molar-refractivity contribution in [3.63, 3.8) is 0 Å². The van der Waals surface area contributed by atoms with Crippen LogP contribution < -0.4 is 4.18 Å². The predicted molar refractivity (Wildman–Crippen MR) is 146 cm³/mol. The monoisotopic (exact) mass is 516 g/mol. The summed E-state index contributed by atoms with van der Waals surface area (Å²) in [7, 11) is 0. The molecule has 4 aromatic rings. The maximum atomic E-state index is 13.6. The van der Waals surface area contributed by atoms with E-state index in [1.807, 2.05) is 97.1 Å². The van der Waals surface area contributed by atoms with Gasteiger partial charge in [-0.1, -0.05) is 109 Å². The summed E-state index contributed by atoms with van der Waals surface area (Å²) in [5.74, 6) is 0.981. The Morgan fingerprint density at radius 2 is 1.31 bits per heavy atom. The topological polar surface area (TPSA) is 44.8 Å². The van der Waals surface area contributed by atoms with Crippen LogP contribution in [0.5, 0.6) is 5.75 Å². The van der Waals surface area contributed by atoms with Gasteiger partial charge in [0.25, 0.3) is 0 Å². The number of hydrogen-bond donors (Lipinski definition) is 0. The van der Waals surface area contributed by atoms with E-state index in [2.05, 4.69) is 19.1 Å². The molecule has 0 bridgehead atoms. The molecule has 1 fully saturated rings. The molecule has 1 heterocycles. The van der Waals surface area contributed by atoms with E-state index in [4.69, 9.17) is 13.1 Å². The van der Waals surface area contributed by atoms with Crippen molar-refractivity contribution in [2.24, 2.45) is 0 Å². The lowest BCUT2D eigenvalue weighted by Gasteiger charge is -2.46. The van der Waals surface area contributed by atoms with E-state index in [1.54, 1.807) is 23.9 Å². The minimum atomic E-state index is -2.12. The van der Waals surface area contributed by atoms with Crippen LogP contribution in [0.25, 0.3) is 0 Å². The van der Waals surface area contributed by atoms with Crippen molar-refractivity contribution < 1.29 is 17.3 Å². The van der Waals surface area contributed by atoms with E-state index in [-0.39, 0.29) is 5.92 Å². The van der Waals surface area contributed by atoms with Gasteiger partial charge in [0.15, 0.2) is 0 Å². The van der Waals surface area contributed by atoms with Crippen molar-refractivity contribution in [1.29, 1.82) is 0 Å². The zero-order valence-electron chi connectivity index (χ0n) is 20.0. The Labute approximate surface area is 219 Å². The molecule has 4 aromatic carbocycles. The smallest absolute Gasteiger partial charge is 0.361 e. The Kier molecular flexibility index (Phi) is 7.58. The van der Waals surface area contributed by atoms with Gasteiger partial charge in [0, 0.05) is 5.75 Å². The molecule has 0 aliphatic carbocycles. The lowest BCUT2D eigenvalue weighted by atomic mass is 9.70. The SMILES string of the molecule is CC1(C(c2ccccc2)C(OS(=O)Oc2ccccc2)(c2ccccc2)c2ccccc2)OCCS1. The molecule has 0 saturated carbocycles. The van der Waals surface area contributed by atoms with Crippen LogP contribution in [0.3, 0.4) is 0 Å². The third kappa shape index (κ3) is 5.00. The molecule has 0 spiro atoms. The molecule has 1 saturated heterocycles. The van der Waals surface area contributed by atoms with Crippen molar-refractivity contribution >= 4 is 23.1 Å². The van der Waals surface area contributed by atoms with E-state index in [0.717, 1.165) is 22.4 Å². The highest BCUT2D eigenvalue weighted by atomic mass is 32.2. The summed E-state index contributed by atoms with van der Waals surface area (Å²) in [6, 6.07) is 39.2. The minimum absolute atomic E-state index is 0.355. The quantitative estimate of drug-likeness (QED) is 0.243. The fourth-order valence-corrected chi connectivity index (χ4v) is 6.96. The molecule has 1 aliphatic heterocycles. The third-order valence-corrected chi connectivity index (χ3v) is 8.46. The summed E-state index contributed by atoms with van der Waals surface area (Å²) in [4.78, 5) is -0.649. The van der Waals surface area contributed by atoms with Gasteiger partial charge in [-0.3, -0.25) is 0 Å². The van der Waals surface area contributed by atoms with Gasteiger partial charge in [0.2, 0.25) is 0 Å². The summed E-state index contributed by atoms with van der Waals surface area (Å²) >= 11 is -0.366. The van der Waals surface area contributed by atoms with Crippen LogP contribution in [0.1, 0.15) is 29.5 Å². The van der Waals surface area contributed by atoms with Crippen LogP contribution in [0.4, 0.5) is 0 Å². The van der Waals surface area contributed by atoms with Crippen LogP contribution in [-0.4, -0.2) is 21.5 Å². The van der Waals surface area contributed by atoms with Gasteiger partial charge < -0.3 is 8.92 Å². The average Bonchev–Trinajstić information content (AvgIpc) is 3.37. The van der Waals surface area contributed by atoms with Gasteiger partial charge in [-0.2, -0.15) is 4.21 Å². The molecule has 0 N–H and O–H groups in total. The lowest BCUT2D eigenvalue weighted by Crippen LogP contribution is -2.48.